The number of halogens is 1. The van der Waals surface area contributed by atoms with Crippen molar-refractivity contribution in [2.75, 3.05) is 6.61 Å². The van der Waals surface area contributed by atoms with Gasteiger partial charge in [0.2, 0.25) is 0 Å². The molecule has 0 bridgehead atoms. The van der Waals surface area contributed by atoms with Gasteiger partial charge in [-0.2, -0.15) is 0 Å². The molecular weight excluding hydrogens is 368 g/mol. The fraction of sp³-hybridized carbons (Fsp3) is 0.150. The molecule has 27 heavy (non-hydrogen) atoms. The van der Waals surface area contributed by atoms with Gasteiger partial charge in [-0.1, -0.05) is 48.0 Å². The second-order valence-corrected chi connectivity index (χ2v) is 6.14. The Hall–Kier alpha value is -3.12. The van der Waals surface area contributed by atoms with Crippen LogP contribution in [0.3, 0.4) is 0 Å². The molecule has 6 nitrogen and oxygen atoms in total. The van der Waals surface area contributed by atoms with Gasteiger partial charge in [0.15, 0.2) is 6.10 Å². The van der Waals surface area contributed by atoms with E-state index in [0.717, 1.165) is 0 Å². The van der Waals surface area contributed by atoms with Crippen LogP contribution in [0.1, 0.15) is 20.7 Å². The Labute approximate surface area is 161 Å². The van der Waals surface area contributed by atoms with Crippen molar-refractivity contribution in [3.63, 3.8) is 0 Å². The Morgan fingerprint density at radius 1 is 0.963 bits per heavy atom. The lowest BCUT2D eigenvalue weighted by atomic mass is 10.2. The highest BCUT2D eigenvalue weighted by Gasteiger charge is 2.19. The molecule has 3 aromatic rings. The molecule has 0 fully saturated rings. The molecule has 1 unspecified atom stereocenters. The lowest BCUT2D eigenvalue weighted by molar-refractivity contribution is -0.00516. The normalized spacial score (nSPS) is 11.6. The largest absolute Gasteiger partial charge is 0.458 e. The van der Waals surface area contributed by atoms with E-state index in [1.807, 2.05) is 12.1 Å². The number of aromatic nitrogens is 2. The highest BCUT2D eigenvalue weighted by atomic mass is 35.5. The second kappa shape index (κ2) is 9.00. The van der Waals surface area contributed by atoms with Gasteiger partial charge in [0.05, 0.1) is 24.0 Å². The summed E-state index contributed by atoms with van der Waals surface area (Å²) in [5, 5.41) is 0.324. The van der Waals surface area contributed by atoms with Crippen molar-refractivity contribution in [3.05, 3.63) is 89.5 Å². The van der Waals surface area contributed by atoms with Crippen LogP contribution in [0.5, 0.6) is 0 Å². The van der Waals surface area contributed by atoms with Crippen molar-refractivity contribution in [2.24, 2.45) is 0 Å². The van der Waals surface area contributed by atoms with E-state index < -0.39 is 18.0 Å². The second-order valence-electron chi connectivity index (χ2n) is 5.75. The minimum Gasteiger partial charge on any atom is -0.458 e. The average molecular weight is 385 g/mol. The SMILES string of the molecule is O=C(OCC(Cn1cnc(Cl)c1)OC(=O)c1ccccc1)c1ccccc1. The first-order valence-electron chi connectivity index (χ1n) is 8.27. The Kier molecular flexibility index (Phi) is 6.22. The van der Waals surface area contributed by atoms with Crippen molar-refractivity contribution in [2.45, 2.75) is 12.6 Å². The Balaban J connectivity index is 1.67. The number of carbonyl (C=O) groups excluding carboxylic acids is 2. The molecular formula is C20H17ClN2O4. The first-order chi connectivity index (χ1) is 13.1. The van der Waals surface area contributed by atoms with Gasteiger partial charge in [-0.15, -0.1) is 0 Å². The van der Waals surface area contributed by atoms with Crippen LogP contribution in [-0.4, -0.2) is 34.2 Å². The highest BCUT2D eigenvalue weighted by molar-refractivity contribution is 6.29. The quantitative estimate of drug-likeness (QED) is 0.582. The van der Waals surface area contributed by atoms with Crippen LogP contribution in [0.25, 0.3) is 0 Å². The molecule has 0 radical (unpaired) electrons. The van der Waals surface area contributed by atoms with E-state index in [9.17, 15) is 9.59 Å². The lowest BCUT2D eigenvalue weighted by Crippen LogP contribution is -2.29. The van der Waals surface area contributed by atoms with Gasteiger partial charge >= 0.3 is 11.9 Å². The molecule has 0 spiro atoms. The zero-order chi connectivity index (χ0) is 19.1. The number of esters is 2. The van der Waals surface area contributed by atoms with E-state index in [0.29, 0.717) is 16.3 Å². The molecule has 0 saturated carbocycles. The topological polar surface area (TPSA) is 70.4 Å². The molecule has 0 aliphatic rings. The average Bonchev–Trinajstić information content (AvgIpc) is 3.11. The fourth-order valence-corrected chi connectivity index (χ4v) is 2.58. The standard InChI is InChI=1S/C20H17ClN2O4/c21-18-12-23(14-22-18)11-17(27-20(25)16-9-5-2-6-10-16)13-26-19(24)15-7-3-1-4-8-15/h1-10,12,14,17H,11,13H2. The Morgan fingerprint density at radius 2 is 1.56 bits per heavy atom. The highest BCUT2D eigenvalue weighted by Crippen LogP contribution is 2.10. The van der Waals surface area contributed by atoms with Crippen molar-refractivity contribution in [1.29, 1.82) is 0 Å². The smallest absolute Gasteiger partial charge is 0.338 e. The molecule has 0 N–H and O–H groups in total. The molecule has 1 heterocycles. The van der Waals surface area contributed by atoms with Crippen LogP contribution >= 0.6 is 11.6 Å². The van der Waals surface area contributed by atoms with Gasteiger partial charge in [-0.05, 0) is 24.3 Å². The number of carbonyl (C=O) groups is 2. The number of nitrogens with zero attached hydrogens (tertiary/aromatic N) is 2. The van der Waals surface area contributed by atoms with E-state index in [4.69, 9.17) is 21.1 Å². The maximum Gasteiger partial charge on any atom is 0.338 e. The van der Waals surface area contributed by atoms with Gasteiger partial charge in [0.1, 0.15) is 11.8 Å². The zero-order valence-electron chi connectivity index (χ0n) is 14.3. The monoisotopic (exact) mass is 384 g/mol. The third-order valence-corrected chi connectivity index (χ3v) is 3.90. The third kappa shape index (κ3) is 5.43. The predicted octanol–water partition coefficient (Wildman–Crippen LogP) is 3.62. The van der Waals surface area contributed by atoms with Gasteiger partial charge in [0, 0.05) is 6.20 Å². The summed E-state index contributed by atoms with van der Waals surface area (Å²) in [5.74, 6) is -0.984. The first kappa shape index (κ1) is 18.7. The number of hydrogen-bond acceptors (Lipinski definition) is 5. The molecule has 3 rings (SSSR count). The number of hydrogen-bond donors (Lipinski definition) is 0. The lowest BCUT2D eigenvalue weighted by Gasteiger charge is -2.18. The summed E-state index contributed by atoms with van der Waals surface area (Å²) < 4.78 is 12.5. The van der Waals surface area contributed by atoms with Gasteiger partial charge < -0.3 is 14.0 Å². The Bertz CT molecular complexity index is 897. The maximum atomic E-state index is 12.4. The minimum absolute atomic E-state index is 0.0951. The summed E-state index contributed by atoms with van der Waals surface area (Å²) in [4.78, 5) is 28.4. The minimum atomic E-state index is -0.698. The van der Waals surface area contributed by atoms with Crippen LogP contribution in [0, 0.1) is 0 Å². The number of benzene rings is 2. The van der Waals surface area contributed by atoms with E-state index >= 15 is 0 Å². The zero-order valence-corrected chi connectivity index (χ0v) is 15.1. The molecule has 0 amide bonds. The molecule has 2 aromatic carbocycles. The van der Waals surface area contributed by atoms with Crippen LogP contribution in [-0.2, 0) is 16.0 Å². The first-order valence-corrected chi connectivity index (χ1v) is 8.65. The van der Waals surface area contributed by atoms with Crippen LogP contribution in [0.4, 0.5) is 0 Å². The third-order valence-electron chi connectivity index (χ3n) is 3.71. The van der Waals surface area contributed by atoms with Crippen LogP contribution in [0.2, 0.25) is 5.15 Å². The summed E-state index contributed by atoms with van der Waals surface area (Å²) in [6, 6.07) is 17.2. The van der Waals surface area contributed by atoms with Crippen LogP contribution in [0.15, 0.2) is 73.2 Å². The summed E-state index contributed by atoms with van der Waals surface area (Å²) in [6.45, 7) is 0.155. The summed E-state index contributed by atoms with van der Waals surface area (Å²) >= 11 is 5.83. The Morgan fingerprint density at radius 3 is 2.11 bits per heavy atom. The number of imidazole rings is 1. The van der Waals surface area contributed by atoms with Gasteiger partial charge in [-0.3, -0.25) is 0 Å². The molecule has 0 aliphatic carbocycles. The molecule has 0 aliphatic heterocycles. The molecule has 1 atom stereocenters. The molecule has 7 heteroatoms. The van der Waals surface area contributed by atoms with Crippen LogP contribution < -0.4 is 0 Å². The predicted molar refractivity (Wildman–Crippen MR) is 99.6 cm³/mol. The van der Waals surface area contributed by atoms with Gasteiger partial charge in [0.25, 0.3) is 0 Å². The number of rotatable bonds is 7. The van der Waals surface area contributed by atoms with Gasteiger partial charge in [-0.25, -0.2) is 14.6 Å². The fourth-order valence-electron chi connectivity index (χ4n) is 2.41. The maximum absolute atomic E-state index is 12.4. The van der Waals surface area contributed by atoms with E-state index in [1.165, 1.54) is 6.33 Å². The summed E-state index contributed by atoms with van der Waals surface area (Å²) in [5.41, 5.74) is 0.844. The summed E-state index contributed by atoms with van der Waals surface area (Å²) in [7, 11) is 0. The van der Waals surface area contributed by atoms with Crippen molar-refractivity contribution in [3.8, 4) is 0 Å². The number of ether oxygens (including phenoxy) is 2. The van der Waals surface area contributed by atoms with E-state index in [2.05, 4.69) is 4.98 Å². The van der Waals surface area contributed by atoms with E-state index in [-0.39, 0.29) is 13.2 Å². The summed E-state index contributed by atoms with van der Waals surface area (Å²) in [6.07, 6.45) is 2.42. The molecule has 1 aromatic heterocycles. The molecule has 0 saturated heterocycles. The molecule has 138 valence electrons. The van der Waals surface area contributed by atoms with E-state index in [1.54, 1.807) is 59.3 Å². The van der Waals surface area contributed by atoms with Crippen molar-refractivity contribution >= 4 is 23.5 Å². The van der Waals surface area contributed by atoms with Crippen molar-refractivity contribution < 1.29 is 19.1 Å². The van der Waals surface area contributed by atoms with Crippen molar-refractivity contribution in [1.82, 2.24) is 9.55 Å².